The highest BCUT2D eigenvalue weighted by molar-refractivity contribution is 9.10. The molecule has 2 aromatic heterocycles. The van der Waals surface area contributed by atoms with Crippen LogP contribution in [0.5, 0.6) is 0 Å². The predicted octanol–water partition coefficient (Wildman–Crippen LogP) is 6.01. The number of aryl methyl sites for hydroxylation is 1. The normalized spacial score (nSPS) is 10.8. The van der Waals surface area contributed by atoms with Crippen LogP contribution in [0.2, 0.25) is 0 Å². The highest BCUT2D eigenvalue weighted by Gasteiger charge is 2.15. The van der Waals surface area contributed by atoms with Crippen molar-refractivity contribution in [2.75, 3.05) is 18.4 Å². The molecule has 0 amide bonds. The summed E-state index contributed by atoms with van der Waals surface area (Å²) >= 11 is 3.66. The van der Waals surface area contributed by atoms with Crippen LogP contribution in [0.25, 0.3) is 21.7 Å². The number of hydrogen-bond acceptors (Lipinski definition) is 2. The van der Waals surface area contributed by atoms with E-state index in [9.17, 15) is 0 Å². The zero-order valence-corrected chi connectivity index (χ0v) is 16.7. The molecular weight excluding hydrogens is 388 g/mol. The lowest BCUT2D eigenvalue weighted by Crippen LogP contribution is -2.05. The third kappa shape index (κ3) is 4.25. The van der Waals surface area contributed by atoms with Crippen LogP contribution in [-0.4, -0.2) is 22.5 Å². The fraction of sp³-hybridized carbons (Fsp3) is 0.333. The van der Waals surface area contributed by atoms with E-state index < -0.39 is 0 Å². The van der Waals surface area contributed by atoms with Gasteiger partial charge in [-0.25, -0.2) is 4.98 Å². The summed E-state index contributed by atoms with van der Waals surface area (Å²) < 4.78 is 3.18. The Kier molecular flexibility index (Phi) is 6.30. The number of nitrogens with zero attached hydrogens (tertiary/aromatic N) is 3. The first kappa shape index (κ1) is 18.5. The number of pyridine rings is 1. The zero-order valence-electron chi connectivity index (χ0n) is 15.1. The summed E-state index contributed by atoms with van der Waals surface area (Å²) in [5.41, 5.74) is 4.24. The van der Waals surface area contributed by atoms with Gasteiger partial charge < -0.3 is 5.32 Å². The smallest absolute Gasteiger partial charge is 0.263 e. The van der Waals surface area contributed by atoms with E-state index in [1.807, 2.05) is 12.1 Å². The Morgan fingerprint density at radius 3 is 2.77 bits per heavy atom. The molecule has 0 radical (unpaired) electrons. The lowest BCUT2D eigenvalue weighted by Gasteiger charge is -2.10. The average Bonchev–Trinajstić information content (AvgIpc) is 2.98. The van der Waals surface area contributed by atoms with Gasteiger partial charge in [0.25, 0.3) is 13.1 Å². The molecule has 0 aliphatic carbocycles. The maximum atomic E-state index is 5.18. The number of fused-ring (bicyclic) bond motifs is 1. The highest BCUT2D eigenvalue weighted by atomic mass is 79.9. The third-order valence-corrected chi connectivity index (χ3v) is 5.11. The molecule has 0 saturated heterocycles. The number of anilines is 1. The lowest BCUT2D eigenvalue weighted by molar-refractivity contribution is 0.677. The van der Waals surface area contributed by atoms with Crippen LogP contribution < -0.4 is 5.32 Å². The largest absolute Gasteiger partial charge is 0.369 e. The molecule has 3 aromatic rings. The van der Waals surface area contributed by atoms with Crippen molar-refractivity contribution in [3.05, 3.63) is 57.5 Å². The number of imidazole rings is 1. The molecule has 0 atom stereocenters. The van der Waals surface area contributed by atoms with E-state index in [0.29, 0.717) is 0 Å². The van der Waals surface area contributed by atoms with Crippen molar-refractivity contribution in [1.82, 2.24) is 9.38 Å². The monoisotopic (exact) mass is 411 g/mol. The van der Waals surface area contributed by atoms with Gasteiger partial charge in [-0.3, -0.25) is 4.40 Å². The van der Waals surface area contributed by atoms with Gasteiger partial charge in [-0.2, -0.15) is 0 Å². The van der Waals surface area contributed by atoms with Gasteiger partial charge in [-0.15, -0.1) is 0 Å². The third-order valence-electron chi connectivity index (χ3n) is 4.42. The van der Waals surface area contributed by atoms with Crippen LogP contribution in [-0.2, 0) is 0 Å². The first-order valence-electron chi connectivity index (χ1n) is 9.05. The second-order valence-electron chi connectivity index (χ2n) is 6.47. The highest BCUT2D eigenvalue weighted by Crippen LogP contribution is 2.33. The Balaban J connectivity index is 1.82. The number of hydrogen-bond donors (Lipinski definition) is 1. The molecule has 2 heterocycles. The molecule has 4 nitrogen and oxygen atoms in total. The Hall–Kier alpha value is -2.32. The van der Waals surface area contributed by atoms with Crippen molar-refractivity contribution >= 4 is 27.4 Å². The molecule has 0 saturated carbocycles. The van der Waals surface area contributed by atoms with Crippen LogP contribution in [0.3, 0.4) is 0 Å². The lowest BCUT2D eigenvalue weighted by atomic mass is 10.1. The van der Waals surface area contributed by atoms with Crippen molar-refractivity contribution in [3.8, 4) is 17.8 Å². The Morgan fingerprint density at radius 1 is 1.15 bits per heavy atom. The van der Waals surface area contributed by atoms with Gasteiger partial charge in [0, 0.05) is 29.2 Å². The summed E-state index contributed by atoms with van der Waals surface area (Å²) in [6, 6.07) is 12.4. The molecule has 0 bridgehead atoms. The van der Waals surface area contributed by atoms with Gasteiger partial charge in [0.05, 0.1) is 0 Å². The zero-order chi connectivity index (χ0) is 18.4. The van der Waals surface area contributed by atoms with Crippen LogP contribution in [0.15, 0.2) is 47.1 Å². The van der Waals surface area contributed by atoms with Gasteiger partial charge >= 0.3 is 0 Å². The second-order valence-corrected chi connectivity index (χ2v) is 7.32. The Bertz CT molecular complexity index is 923. The van der Waals surface area contributed by atoms with Crippen LogP contribution >= 0.6 is 15.9 Å². The standard InChI is InChI=1S/C21H24BrN4/c1-16-11-14-26-19(15-16)25-20(17-9-5-6-10-18(17)22)21(26)24-13-8-4-3-7-12-23-2/h2,5-6,9-11,14-15,24H,3-4,7-8,12-13H2,1H3/q+1. The summed E-state index contributed by atoms with van der Waals surface area (Å²) in [6.07, 6.45) is 6.59. The number of benzene rings is 1. The molecular formula is C21H24BrN4+. The quantitative estimate of drug-likeness (QED) is 0.460. The predicted molar refractivity (Wildman–Crippen MR) is 113 cm³/mol. The molecule has 3 rings (SSSR count). The first-order valence-corrected chi connectivity index (χ1v) is 9.84. The number of halogens is 1. The fourth-order valence-corrected chi connectivity index (χ4v) is 3.52. The van der Waals surface area contributed by atoms with Gasteiger partial charge in [-0.05, 0) is 43.5 Å². The molecule has 26 heavy (non-hydrogen) atoms. The van der Waals surface area contributed by atoms with Crippen molar-refractivity contribution in [3.63, 3.8) is 0 Å². The van der Waals surface area contributed by atoms with Gasteiger partial charge in [0.1, 0.15) is 17.2 Å². The van der Waals surface area contributed by atoms with Gasteiger partial charge in [0.2, 0.25) is 0 Å². The van der Waals surface area contributed by atoms with Gasteiger partial charge in [-0.1, -0.05) is 45.4 Å². The van der Waals surface area contributed by atoms with E-state index in [-0.39, 0.29) is 0 Å². The minimum atomic E-state index is 0.756. The number of rotatable bonds is 8. The molecule has 1 aromatic carbocycles. The topological polar surface area (TPSA) is 33.7 Å². The summed E-state index contributed by atoms with van der Waals surface area (Å²) in [5, 5.41) is 3.60. The second kappa shape index (κ2) is 8.86. The van der Waals surface area contributed by atoms with E-state index in [1.54, 1.807) is 0 Å². The summed E-state index contributed by atoms with van der Waals surface area (Å²) in [6.45, 7) is 8.94. The Labute approximate surface area is 163 Å². The average molecular weight is 412 g/mol. The van der Waals surface area contributed by atoms with Crippen molar-refractivity contribution in [2.24, 2.45) is 0 Å². The SMILES string of the molecule is C#[N+]CCCCCCNc1c(-c2ccccc2Br)nc2cc(C)ccn12. The minimum absolute atomic E-state index is 0.756. The molecule has 0 unspecified atom stereocenters. The van der Waals surface area contributed by atoms with Crippen molar-refractivity contribution < 1.29 is 0 Å². The van der Waals surface area contributed by atoms with Crippen LogP contribution in [0.4, 0.5) is 5.82 Å². The first-order chi connectivity index (χ1) is 12.7. The molecule has 0 spiro atoms. The fourth-order valence-electron chi connectivity index (χ4n) is 3.04. The molecule has 5 heteroatoms. The maximum Gasteiger partial charge on any atom is 0.263 e. The minimum Gasteiger partial charge on any atom is -0.369 e. The van der Waals surface area contributed by atoms with E-state index in [0.717, 1.165) is 59.5 Å². The number of unbranched alkanes of at least 4 members (excludes halogenated alkanes) is 3. The van der Waals surface area contributed by atoms with Gasteiger partial charge in [0.15, 0.2) is 0 Å². The molecule has 0 aliphatic heterocycles. The van der Waals surface area contributed by atoms with E-state index in [2.05, 4.69) is 67.9 Å². The molecule has 134 valence electrons. The van der Waals surface area contributed by atoms with Crippen LogP contribution in [0.1, 0.15) is 31.2 Å². The molecule has 0 fully saturated rings. The van der Waals surface area contributed by atoms with Crippen LogP contribution in [0, 0.1) is 13.5 Å². The van der Waals surface area contributed by atoms with E-state index >= 15 is 0 Å². The molecule has 0 aliphatic rings. The Morgan fingerprint density at radius 2 is 1.96 bits per heavy atom. The summed E-state index contributed by atoms with van der Waals surface area (Å²) in [7, 11) is 0. The number of aromatic nitrogens is 2. The van der Waals surface area contributed by atoms with Crippen molar-refractivity contribution in [2.45, 2.75) is 32.6 Å². The summed E-state index contributed by atoms with van der Waals surface area (Å²) in [5.74, 6) is 1.05. The summed E-state index contributed by atoms with van der Waals surface area (Å²) in [4.78, 5) is 8.55. The van der Waals surface area contributed by atoms with Crippen molar-refractivity contribution in [1.29, 1.82) is 0 Å². The number of nitrogens with one attached hydrogen (secondary N) is 1. The van der Waals surface area contributed by atoms with E-state index in [1.165, 1.54) is 12.0 Å². The molecule has 1 N–H and O–H groups in total. The maximum absolute atomic E-state index is 5.18. The van der Waals surface area contributed by atoms with E-state index in [4.69, 9.17) is 11.6 Å².